The number of methoxy groups -OCH3 is 1. The van der Waals surface area contributed by atoms with E-state index in [0.29, 0.717) is 22.3 Å². The number of para-hydroxylation sites is 1. The normalized spacial score (nSPS) is 26.4. The molecule has 9 heteroatoms. The molecule has 0 bridgehead atoms. The molecular weight excluding hydrogens is 412 g/mol. The molecule has 1 aliphatic rings. The summed E-state index contributed by atoms with van der Waals surface area (Å²) in [5.41, 5.74) is 0.811. The maximum atomic E-state index is 14.8. The van der Waals surface area contributed by atoms with Crippen molar-refractivity contribution in [3.05, 3.63) is 65.4 Å². The van der Waals surface area contributed by atoms with Crippen LogP contribution in [0.2, 0.25) is 0 Å². The molecule has 0 radical (unpaired) electrons. The van der Waals surface area contributed by atoms with Gasteiger partial charge in [0, 0.05) is 28.8 Å². The topological polar surface area (TPSA) is 104 Å². The minimum Gasteiger partial charge on any atom is -0.497 e. The predicted molar refractivity (Wildman–Crippen MR) is 107 cm³/mol. The van der Waals surface area contributed by atoms with E-state index >= 15 is 0 Å². The van der Waals surface area contributed by atoms with Crippen molar-refractivity contribution in [2.45, 2.75) is 37.1 Å². The van der Waals surface area contributed by atoms with Crippen molar-refractivity contribution in [2.75, 3.05) is 13.7 Å². The maximum Gasteiger partial charge on any atom is 0.147 e. The van der Waals surface area contributed by atoms with Crippen LogP contribution >= 0.6 is 0 Å². The third kappa shape index (κ3) is 3.79. The van der Waals surface area contributed by atoms with Gasteiger partial charge in [-0.15, -0.1) is 0 Å². The van der Waals surface area contributed by atoms with E-state index in [4.69, 9.17) is 9.47 Å². The largest absolute Gasteiger partial charge is 0.497 e. The summed E-state index contributed by atoms with van der Waals surface area (Å²) in [5.74, 6) is -0.721. The molecule has 1 fully saturated rings. The predicted octanol–water partition coefficient (Wildman–Crippen LogP) is 1.49. The molecule has 0 aliphatic carbocycles. The molecule has 5 atom stereocenters. The van der Waals surface area contributed by atoms with Crippen LogP contribution in [-0.4, -0.2) is 63.1 Å². The number of hydrogen-bond donors (Lipinski definition) is 4. The number of nitrogens with zero attached hydrogens (tertiary/aromatic N) is 1. The molecule has 0 saturated carbocycles. The van der Waals surface area contributed by atoms with Crippen LogP contribution in [0.1, 0.15) is 17.2 Å². The van der Waals surface area contributed by atoms with Gasteiger partial charge < -0.3 is 34.5 Å². The Labute approximate surface area is 176 Å². The highest BCUT2D eigenvalue weighted by molar-refractivity contribution is 5.85. The Balaban J connectivity index is 1.79. The van der Waals surface area contributed by atoms with E-state index in [1.54, 1.807) is 12.1 Å². The summed E-state index contributed by atoms with van der Waals surface area (Å²) in [4.78, 5) is 0. The number of fused-ring (bicyclic) bond motifs is 1. The molecule has 1 aliphatic heterocycles. The van der Waals surface area contributed by atoms with Crippen molar-refractivity contribution in [1.29, 1.82) is 0 Å². The average Bonchev–Trinajstić information content (AvgIpc) is 3.13. The van der Waals surface area contributed by atoms with Crippen LogP contribution < -0.4 is 4.74 Å². The van der Waals surface area contributed by atoms with Crippen LogP contribution in [-0.2, 0) is 11.3 Å². The lowest BCUT2D eigenvalue weighted by atomic mass is 9.91. The van der Waals surface area contributed by atoms with Gasteiger partial charge in [-0.3, -0.25) is 0 Å². The van der Waals surface area contributed by atoms with Gasteiger partial charge in [0.1, 0.15) is 47.9 Å². The highest BCUT2D eigenvalue weighted by Crippen LogP contribution is 2.38. The second-order valence-corrected chi connectivity index (χ2v) is 7.56. The van der Waals surface area contributed by atoms with E-state index in [1.807, 2.05) is 0 Å². The van der Waals surface area contributed by atoms with Gasteiger partial charge in [0.15, 0.2) is 0 Å². The SMILES string of the molecule is COc1ccc(Cn2cc([C@@H]3O[C@H](CO)[C@@H](O)[C@H](O)[C@H]3O)c3cccc(F)c32)c(F)c1. The van der Waals surface area contributed by atoms with Crippen LogP contribution in [0.3, 0.4) is 0 Å². The van der Waals surface area contributed by atoms with E-state index in [2.05, 4.69) is 0 Å². The highest BCUT2D eigenvalue weighted by Gasteiger charge is 2.44. The Bertz CT molecular complexity index is 1090. The quantitative estimate of drug-likeness (QED) is 0.484. The molecule has 3 aromatic rings. The molecular formula is C22H23F2NO6. The molecule has 2 heterocycles. The Hall–Kier alpha value is -2.56. The Kier molecular flexibility index (Phi) is 5.96. The molecule has 166 valence electrons. The first-order chi connectivity index (χ1) is 14.8. The van der Waals surface area contributed by atoms with Crippen LogP contribution in [0.15, 0.2) is 42.6 Å². The summed E-state index contributed by atoms with van der Waals surface area (Å²) in [5, 5.41) is 40.6. The van der Waals surface area contributed by atoms with Gasteiger partial charge in [-0.2, -0.15) is 0 Å². The van der Waals surface area contributed by atoms with Gasteiger partial charge in [-0.1, -0.05) is 18.2 Å². The van der Waals surface area contributed by atoms with Crippen molar-refractivity contribution in [2.24, 2.45) is 0 Å². The standard InChI is InChI=1S/C22H23F2NO6/c1-30-12-6-5-11(16(24)7-12)8-25-9-14(13-3-2-4-15(23)18(13)25)22-21(29)20(28)19(27)17(10-26)31-22/h2-7,9,17,19-22,26-29H,8,10H2,1H3/t17-,19-,20+,21-,22+/m1/s1. The monoisotopic (exact) mass is 435 g/mol. The van der Waals surface area contributed by atoms with Crippen LogP contribution in [0.4, 0.5) is 8.78 Å². The summed E-state index contributed by atoms with van der Waals surface area (Å²) < 4.78 is 41.4. The zero-order valence-corrected chi connectivity index (χ0v) is 16.7. The minimum atomic E-state index is -1.57. The third-order valence-electron chi connectivity index (χ3n) is 5.68. The number of halogens is 2. The lowest BCUT2D eigenvalue weighted by molar-refractivity contribution is -0.231. The van der Waals surface area contributed by atoms with Gasteiger partial charge in [-0.05, 0) is 12.1 Å². The van der Waals surface area contributed by atoms with E-state index in [-0.39, 0.29) is 12.1 Å². The number of aliphatic hydroxyl groups is 4. The molecule has 2 aromatic carbocycles. The van der Waals surface area contributed by atoms with Crippen LogP contribution in [0.5, 0.6) is 5.75 Å². The Morgan fingerprint density at radius 1 is 1.03 bits per heavy atom. The van der Waals surface area contributed by atoms with Gasteiger partial charge in [-0.25, -0.2) is 8.78 Å². The summed E-state index contributed by atoms with van der Waals surface area (Å²) in [7, 11) is 1.43. The maximum absolute atomic E-state index is 14.8. The smallest absolute Gasteiger partial charge is 0.147 e. The van der Waals surface area contributed by atoms with Crippen molar-refractivity contribution in [3.63, 3.8) is 0 Å². The number of ether oxygens (including phenoxy) is 2. The first-order valence-corrected chi connectivity index (χ1v) is 9.76. The zero-order valence-electron chi connectivity index (χ0n) is 16.7. The second-order valence-electron chi connectivity index (χ2n) is 7.56. The van der Waals surface area contributed by atoms with Crippen LogP contribution in [0.25, 0.3) is 10.9 Å². The van der Waals surface area contributed by atoms with Gasteiger partial charge in [0.2, 0.25) is 0 Å². The van der Waals surface area contributed by atoms with Crippen molar-refractivity contribution in [3.8, 4) is 5.75 Å². The Morgan fingerprint density at radius 3 is 2.48 bits per heavy atom. The van der Waals surface area contributed by atoms with E-state index in [9.17, 15) is 29.2 Å². The first kappa shape index (κ1) is 21.7. The molecule has 31 heavy (non-hydrogen) atoms. The fourth-order valence-electron chi connectivity index (χ4n) is 4.02. The zero-order chi connectivity index (χ0) is 22.3. The fraction of sp³-hybridized carbons (Fsp3) is 0.364. The molecule has 4 N–H and O–H groups in total. The first-order valence-electron chi connectivity index (χ1n) is 9.76. The fourth-order valence-corrected chi connectivity index (χ4v) is 4.02. The third-order valence-corrected chi connectivity index (χ3v) is 5.68. The van der Waals surface area contributed by atoms with Crippen molar-refractivity contribution in [1.82, 2.24) is 4.57 Å². The highest BCUT2D eigenvalue weighted by atomic mass is 19.1. The average molecular weight is 435 g/mol. The molecule has 7 nitrogen and oxygen atoms in total. The van der Waals surface area contributed by atoms with E-state index in [1.165, 1.54) is 42.1 Å². The van der Waals surface area contributed by atoms with E-state index in [0.717, 1.165) is 0 Å². The number of aromatic nitrogens is 1. The molecule has 4 rings (SSSR count). The number of aliphatic hydroxyl groups excluding tert-OH is 4. The number of benzene rings is 2. The summed E-state index contributed by atoms with van der Waals surface area (Å²) in [6.07, 6.45) is -5.31. The number of hydrogen-bond acceptors (Lipinski definition) is 6. The minimum absolute atomic E-state index is 0.00924. The lowest BCUT2D eigenvalue weighted by Gasteiger charge is -2.40. The van der Waals surface area contributed by atoms with Gasteiger partial charge in [0.25, 0.3) is 0 Å². The molecule has 1 aromatic heterocycles. The van der Waals surface area contributed by atoms with E-state index < -0.39 is 48.8 Å². The summed E-state index contributed by atoms with van der Waals surface area (Å²) in [6, 6.07) is 8.74. The second kappa shape index (κ2) is 8.52. The molecule has 0 amide bonds. The molecule has 1 saturated heterocycles. The Morgan fingerprint density at radius 2 is 1.81 bits per heavy atom. The van der Waals surface area contributed by atoms with Gasteiger partial charge in [0.05, 0.1) is 25.8 Å². The molecule has 0 unspecified atom stereocenters. The number of rotatable bonds is 5. The van der Waals surface area contributed by atoms with Gasteiger partial charge >= 0.3 is 0 Å². The van der Waals surface area contributed by atoms with Crippen LogP contribution in [0, 0.1) is 11.6 Å². The summed E-state index contributed by atoms with van der Waals surface area (Å²) in [6.45, 7) is -0.587. The lowest BCUT2D eigenvalue weighted by Crippen LogP contribution is -2.55. The van der Waals surface area contributed by atoms with Crippen molar-refractivity contribution >= 4 is 10.9 Å². The summed E-state index contributed by atoms with van der Waals surface area (Å²) >= 11 is 0. The van der Waals surface area contributed by atoms with Crippen molar-refractivity contribution < 1.29 is 38.7 Å². The molecule has 0 spiro atoms.